The molecule has 7 nitrogen and oxygen atoms in total. The second-order valence-electron chi connectivity index (χ2n) is 9.44. The Labute approximate surface area is 234 Å². The summed E-state index contributed by atoms with van der Waals surface area (Å²) in [6.07, 6.45) is 0.696. The largest absolute Gasteiger partial charge is 0.497 e. The van der Waals surface area contributed by atoms with Gasteiger partial charge >= 0.3 is 5.97 Å². The fourth-order valence-electron chi connectivity index (χ4n) is 4.94. The van der Waals surface area contributed by atoms with E-state index in [1.165, 1.54) is 4.90 Å². The number of carbonyl (C=O) groups excluding carboxylic acids is 3. The molecule has 0 bridgehead atoms. The zero-order chi connectivity index (χ0) is 26.9. The number of β-lactam (4-membered cyclic amide) rings is 1. The first kappa shape index (κ1) is 25.6. The van der Waals surface area contributed by atoms with Gasteiger partial charge in [0.1, 0.15) is 29.5 Å². The highest BCUT2D eigenvalue weighted by Crippen LogP contribution is 2.56. The van der Waals surface area contributed by atoms with Crippen LogP contribution in [0.15, 0.2) is 101 Å². The Morgan fingerprint density at radius 2 is 1.69 bits per heavy atom. The first-order valence-electron chi connectivity index (χ1n) is 12.6. The fraction of sp³-hybridized carbons (Fsp3) is 0.233. The quantitative estimate of drug-likeness (QED) is 0.319. The number of ether oxygens (including phenoxy) is 2. The lowest BCUT2D eigenvalue weighted by atomic mass is 9.86. The van der Waals surface area contributed by atoms with Crippen LogP contribution in [-0.4, -0.2) is 51.7 Å². The minimum atomic E-state index is -0.711. The minimum absolute atomic E-state index is 0.0456. The van der Waals surface area contributed by atoms with Crippen molar-refractivity contribution in [2.75, 3.05) is 7.11 Å². The summed E-state index contributed by atoms with van der Waals surface area (Å²) in [5.74, 6) is -0.397. The molecule has 6 rings (SSSR count). The Balaban J connectivity index is 1.22. The Kier molecular flexibility index (Phi) is 7.10. The molecule has 3 aromatic carbocycles. The van der Waals surface area contributed by atoms with E-state index in [-0.39, 0.29) is 34.3 Å². The van der Waals surface area contributed by atoms with Crippen molar-refractivity contribution in [3.63, 3.8) is 0 Å². The van der Waals surface area contributed by atoms with Crippen LogP contribution >= 0.6 is 23.5 Å². The zero-order valence-electron chi connectivity index (χ0n) is 21.1. The van der Waals surface area contributed by atoms with Gasteiger partial charge < -0.3 is 14.8 Å². The van der Waals surface area contributed by atoms with Crippen molar-refractivity contribution in [1.29, 1.82) is 0 Å². The molecule has 0 unspecified atom stereocenters. The van der Waals surface area contributed by atoms with Gasteiger partial charge in [-0.15, -0.1) is 23.5 Å². The number of nitrogens with zero attached hydrogens (tertiary/aromatic N) is 1. The molecule has 2 aliphatic heterocycles. The second kappa shape index (κ2) is 10.8. The summed E-state index contributed by atoms with van der Waals surface area (Å²) in [7, 11) is 1.60. The van der Waals surface area contributed by atoms with E-state index in [0.29, 0.717) is 17.7 Å². The third-order valence-electron chi connectivity index (χ3n) is 7.05. The maximum atomic E-state index is 13.4. The number of rotatable bonds is 8. The minimum Gasteiger partial charge on any atom is -0.497 e. The molecule has 0 aromatic heterocycles. The third-order valence-corrected chi connectivity index (χ3v) is 10.2. The lowest BCUT2D eigenvalue weighted by Gasteiger charge is -2.56. The van der Waals surface area contributed by atoms with Crippen molar-refractivity contribution < 1.29 is 23.9 Å². The number of esters is 1. The Hall–Kier alpha value is -3.69. The van der Waals surface area contributed by atoms with E-state index in [1.807, 2.05) is 48.5 Å². The van der Waals surface area contributed by atoms with Crippen molar-refractivity contribution in [2.24, 2.45) is 0 Å². The molecule has 3 aromatic rings. The molecule has 3 aliphatic rings. The molecule has 39 heavy (non-hydrogen) atoms. The van der Waals surface area contributed by atoms with Gasteiger partial charge in [0.25, 0.3) is 11.8 Å². The number of carbonyl (C=O) groups is 3. The molecular weight excluding hydrogens is 532 g/mol. The molecular formula is C30H26N2O5S2. The predicted octanol–water partition coefficient (Wildman–Crippen LogP) is 4.64. The van der Waals surface area contributed by atoms with Crippen LogP contribution < -0.4 is 10.1 Å². The molecule has 1 aliphatic carbocycles. The van der Waals surface area contributed by atoms with Gasteiger partial charge in [0, 0.05) is 21.0 Å². The number of methoxy groups -OCH3 is 1. The first-order chi connectivity index (χ1) is 19.0. The number of amides is 2. The molecule has 0 radical (unpaired) electrons. The van der Waals surface area contributed by atoms with E-state index < -0.39 is 12.0 Å². The van der Waals surface area contributed by atoms with Gasteiger partial charge in [-0.3, -0.25) is 14.5 Å². The van der Waals surface area contributed by atoms with Crippen LogP contribution in [0.1, 0.15) is 22.3 Å². The van der Waals surface area contributed by atoms with Gasteiger partial charge in [-0.2, -0.15) is 0 Å². The normalized spacial score (nSPS) is 23.1. The van der Waals surface area contributed by atoms with Crippen LogP contribution in [0.5, 0.6) is 5.75 Å². The predicted molar refractivity (Wildman–Crippen MR) is 150 cm³/mol. The second-order valence-corrected chi connectivity index (χ2v) is 12.0. The number of benzene rings is 3. The van der Waals surface area contributed by atoms with E-state index in [0.717, 1.165) is 21.8 Å². The van der Waals surface area contributed by atoms with Crippen molar-refractivity contribution >= 4 is 41.3 Å². The summed E-state index contributed by atoms with van der Waals surface area (Å²) >= 11 is 3.41. The highest BCUT2D eigenvalue weighted by Gasteiger charge is 2.60. The van der Waals surface area contributed by atoms with Crippen molar-refractivity contribution in [2.45, 2.75) is 39.8 Å². The molecule has 9 heteroatoms. The Morgan fingerprint density at radius 1 is 1.00 bits per heavy atom. The number of fused-ring (bicyclic) bond motifs is 2. The molecule has 2 heterocycles. The zero-order valence-corrected chi connectivity index (χ0v) is 22.7. The van der Waals surface area contributed by atoms with Crippen LogP contribution in [0.2, 0.25) is 0 Å². The van der Waals surface area contributed by atoms with Gasteiger partial charge in [-0.05, 0) is 54.0 Å². The van der Waals surface area contributed by atoms with Crippen LogP contribution in [0.3, 0.4) is 0 Å². The van der Waals surface area contributed by atoms with Gasteiger partial charge in [0.15, 0.2) is 0 Å². The molecule has 2 fully saturated rings. The van der Waals surface area contributed by atoms with Crippen LogP contribution in [0.4, 0.5) is 0 Å². The summed E-state index contributed by atoms with van der Waals surface area (Å²) in [5.41, 5.74) is 2.58. The average molecular weight is 559 g/mol. The third kappa shape index (κ3) is 4.92. The van der Waals surface area contributed by atoms with Crippen molar-refractivity contribution in [1.82, 2.24) is 10.2 Å². The van der Waals surface area contributed by atoms with Gasteiger partial charge in [-0.25, -0.2) is 4.79 Å². The highest BCUT2D eigenvalue weighted by molar-refractivity contribution is 8.04. The topological polar surface area (TPSA) is 84.9 Å². The monoisotopic (exact) mass is 558 g/mol. The highest BCUT2D eigenvalue weighted by atomic mass is 32.2. The van der Waals surface area contributed by atoms with Crippen molar-refractivity contribution in [3.8, 4) is 5.75 Å². The standard InChI is InChI=1S/C30H26N2O5S2/c1-36-20-14-12-18(13-15-20)17-37-30(35)25-22-16-23(38-21-10-6-3-7-11-21)26(22)39-29-24(28(34)32(25)29)31-27(33)19-8-4-2-5-9-19/h2-15,23-24,26,29H,16-17H2,1H3,(H,31,33)/t23-,24+,26+,29+/m0/s1. The van der Waals surface area contributed by atoms with E-state index >= 15 is 0 Å². The van der Waals surface area contributed by atoms with E-state index in [9.17, 15) is 14.4 Å². The molecule has 1 N–H and O–H groups in total. The molecule has 4 atom stereocenters. The van der Waals surface area contributed by atoms with Gasteiger partial charge in [-0.1, -0.05) is 48.5 Å². The summed E-state index contributed by atoms with van der Waals surface area (Å²) in [6, 6.07) is 25.6. The number of hydrogen-bond donors (Lipinski definition) is 1. The van der Waals surface area contributed by atoms with Gasteiger partial charge in [0.2, 0.25) is 0 Å². The number of hydrogen-bond acceptors (Lipinski definition) is 7. The Bertz CT molecular complexity index is 1430. The first-order valence-corrected chi connectivity index (χ1v) is 14.4. The van der Waals surface area contributed by atoms with E-state index in [1.54, 1.807) is 54.9 Å². The molecule has 1 saturated heterocycles. The van der Waals surface area contributed by atoms with Crippen LogP contribution in [0.25, 0.3) is 0 Å². The summed E-state index contributed by atoms with van der Waals surface area (Å²) < 4.78 is 10.9. The van der Waals surface area contributed by atoms with Crippen LogP contribution in [0, 0.1) is 0 Å². The molecule has 0 spiro atoms. The summed E-state index contributed by atoms with van der Waals surface area (Å²) in [5, 5.41) is 2.81. The average Bonchev–Trinajstić information content (AvgIpc) is 2.98. The smallest absolute Gasteiger partial charge is 0.355 e. The fourth-order valence-corrected chi connectivity index (χ4v) is 8.13. The van der Waals surface area contributed by atoms with E-state index in [4.69, 9.17) is 9.47 Å². The number of thioether (sulfide) groups is 2. The maximum absolute atomic E-state index is 13.4. The Morgan fingerprint density at radius 3 is 2.38 bits per heavy atom. The lowest BCUT2D eigenvalue weighted by Crippen LogP contribution is -2.72. The number of nitrogens with one attached hydrogen (secondary N) is 1. The maximum Gasteiger partial charge on any atom is 0.355 e. The molecule has 198 valence electrons. The van der Waals surface area contributed by atoms with E-state index in [2.05, 4.69) is 17.4 Å². The SMILES string of the molecule is COc1ccc(COC(=O)C2=C3C[C@H](Sc4ccccc4)[C@@H]3S[C@@H]3[C@H](NC(=O)c4ccccc4)C(=O)N23)cc1. The van der Waals surface area contributed by atoms with Gasteiger partial charge in [0.05, 0.1) is 7.11 Å². The molecule has 2 amide bonds. The molecule has 1 saturated carbocycles. The summed E-state index contributed by atoms with van der Waals surface area (Å²) in [4.78, 5) is 42.3. The lowest BCUT2D eigenvalue weighted by molar-refractivity contribution is -0.152. The van der Waals surface area contributed by atoms with Crippen molar-refractivity contribution in [3.05, 3.63) is 107 Å². The summed E-state index contributed by atoms with van der Waals surface area (Å²) in [6.45, 7) is 0.0838. The van der Waals surface area contributed by atoms with Crippen LogP contribution in [-0.2, 0) is 20.9 Å².